The summed E-state index contributed by atoms with van der Waals surface area (Å²) in [5.41, 5.74) is 1.91. The van der Waals surface area contributed by atoms with Crippen molar-refractivity contribution < 1.29 is 0 Å². The second kappa shape index (κ2) is 4.43. The first-order chi connectivity index (χ1) is 10.1. The van der Waals surface area contributed by atoms with Gasteiger partial charge in [0.2, 0.25) is 4.96 Å². The van der Waals surface area contributed by atoms with Crippen LogP contribution in [0.25, 0.3) is 26.2 Å². The second-order valence-electron chi connectivity index (χ2n) is 4.68. The maximum atomic E-state index is 4.65. The predicted molar refractivity (Wildman–Crippen MR) is 81.4 cm³/mol. The molecule has 7 nitrogen and oxygen atoms in total. The third kappa shape index (κ3) is 1.96. The minimum atomic E-state index is 0.708. The van der Waals surface area contributed by atoms with Crippen molar-refractivity contribution in [3.63, 3.8) is 0 Å². The van der Waals surface area contributed by atoms with Crippen LogP contribution in [0, 0.1) is 13.8 Å². The molecule has 106 valence electrons. The van der Waals surface area contributed by atoms with Crippen molar-refractivity contribution in [1.29, 1.82) is 0 Å². The molecule has 0 N–H and O–H groups in total. The van der Waals surface area contributed by atoms with E-state index in [1.807, 2.05) is 27.1 Å². The SMILES string of the molecule is Cc1nc(C)c(-c2nn3c(-c4cnn(C)c4)nnc3s2)s1. The van der Waals surface area contributed by atoms with Gasteiger partial charge in [-0.05, 0) is 13.8 Å². The van der Waals surface area contributed by atoms with Crippen LogP contribution in [-0.2, 0) is 7.05 Å². The number of aryl methyl sites for hydroxylation is 3. The zero-order chi connectivity index (χ0) is 14.6. The molecule has 0 aliphatic rings. The molecule has 0 saturated carbocycles. The number of hydrogen-bond donors (Lipinski definition) is 0. The van der Waals surface area contributed by atoms with E-state index in [2.05, 4.69) is 25.4 Å². The zero-order valence-electron chi connectivity index (χ0n) is 11.6. The van der Waals surface area contributed by atoms with Crippen molar-refractivity contribution in [2.24, 2.45) is 7.05 Å². The van der Waals surface area contributed by atoms with Crippen LogP contribution in [0.4, 0.5) is 0 Å². The Bertz CT molecular complexity index is 942. The van der Waals surface area contributed by atoms with E-state index >= 15 is 0 Å². The van der Waals surface area contributed by atoms with Gasteiger partial charge >= 0.3 is 0 Å². The fourth-order valence-corrected chi connectivity index (χ4v) is 4.04. The molecule has 21 heavy (non-hydrogen) atoms. The van der Waals surface area contributed by atoms with Crippen molar-refractivity contribution in [2.45, 2.75) is 13.8 Å². The molecule has 4 heterocycles. The summed E-state index contributed by atoms with van der Waals surface area (Å²) in [7, 11) is 1.87. The zero-order valence-corrected chi connectivity index (χ0v) is 13.2. The minimum Gasteiger partial charge on any atom is -0.275 e. The van der Waals surface area contributed by atoms with Crippen LogP contribution in [0.3, 0.4) is 0 Å². The highest BCUT2D eigenvalue weighted by atomic mass is 32.1. The van der Waals surface area contributed by atoms with Gasteiger partial charge in [0.05, 0.1) is 27.3 Å². The molecule has 0 atom stereocenters. The fraction of sp³-hybridized carbons (Fsp3) is 0.250. The number of thiazole rings is 1. The summed E-state index contributed by atoms with van der Waals surface area (Å²) in [6.45, 7) is 4.01. The summed E-state index contributed by atoms with van der Waals surface area (Å²) < 4.78 is 3.51. The van der Waals surface area contributed by atoms with Gasteiger partial charge in [0, 0.05) is 13.2 Å². The van der Waals surface area contributed by atoms with Crippen molar-refractivity contribution in [3.8, 4) is 21.3 Å². The molecule has 0 bridgehead atoms. The average molecular weight is 317 g/mol. The van der Waals surface area contributed by atoms with Crippen LogP contribution in [0.1, 0.15) is 10.7 Å². The summed E-state index contributed by atoms with van der Waals surface area (Å²) in [5, 5.41) is 19.2. The van der Waals surface area contributed by atoms with Crippen molar-refractivity contribution in [1.82, 2.24) is 34.6 Å². The Morgan fingerprint density at radius 1 is 1.14 bits per heavy atom. The van der Waals surface area contributed by atoms with Crippen LogP contribution >= 0.6 is 22.7 Å². The summed E-state index contributed by atoms with van der Waals surface area (Å²) in [6, 6.07) is 0. The Morgan fingerprint density at radius 3 is 2.67 bits per heavy atom. The molecule has 0 aromatic carbocycles. The van der Waals surface area contributed by atoms with Crippen LogP contribution in [-0.4, -0.2) is 34.6 Å². The normalized spacial score (nSPS) is 11.6. The van der Waals surface area contributed by atoms with Gasteiger partial charge in [-0.1, -0.05) is 11.3 Å². The molecule has 4 aromatic rings. The Morgan fingerprint density at radius 2 is 2.00 bits per heavy atom. The third-order valence-electron chi connectivity index (χ3n) is 3.05. The minimum absolute atomic E-state index is 0.708. The first-order valence-electron chi connectivity index (χ1n) is 6.27. The van der Waals surface area contributed by atoms with Gasteiger partial charge in [0.15, 0.2) is 10.8 Å². The largest absolute Gasteiger partial charge is 0.275 e. The van der Waals surface area contributed by atoms with Gasteiger partial charge in [-0.3, -0.25) is 4.68 Å². The monoisotopic (exact) mass is 317 g/mol. The molecule has 0 fully saturated rings. The summed E-state index contributed by atoms with van der Waals surface area (Å²) >= 11 is 3.17. The summed E-state index contributed by atoms with van der Waals surface area (Å²) in [4.78, 5) is 6.32. The highest BCUT2D eigenvalue weighted by Crippen LogP contribution is 2.33. The van der Waals surface area contributed by atoms with E-state index in [4.69, 9.17) is 0 Å². The Balaban J connectivity index is 1.88. The summed E-state index contributed by atoms with van der Waals surface area (Å²) in [6.07, 6.45) is 3.66. The van der Waals surface area contributed by atoms with Crippen molar-refractivity contribution >= 4 is 27.6 Å². The lowest BCUT2D eigenvalue weighted by Crippen LogP contribution is -1.90. The maximum absolute atomic E-state index is 4.65. The van der Waals surface area contributed by atoms with Gasteiger partial charge in [-0.2, -0.15) is 14.7 Å². The quantitative estimate of drug-likeness (QED) is 0.567. The predicted octanol–water partition coefficient (Wildman–Crippen LogP) is 2.33. The second-order valence-corrected chi connectivity index (χ2v) is 6.83. The molecular weight excluding hydrogens is 306 g/mol. The molecule has 0 amide bonds. The Kier molecular flexibility index (Phi) is 2.66. The third-order valence-corrected chi connectivity index (χ3v) is 5.18. The molecule has 0 unspecified atom stereocenters. The van der Waals surface area contributed by atoms with E-state index in [0.29, 0.717) is 5.82 Å². The first-order valence-corrected chi connectivity index (χ1v) is 7.91. The molecule has 4 rings (SSSR count). The van der Waals surface area contributed by atoms with Crippen LogP contribution < -0.4 is 0 Å². The smallest absolute Gasteiger partial charge is 0.235 e. The highest BCUT2D eigenvalue weighted by Gasteiger charge is 2.18. The highest BCUT2D eigenvalue weighted by molar-refractivity contribution is 7.24. The maximum Gasteiger partial charge on any atom is 0.235 e. The lowest BCUT2D eigenvalue weighted by atomic mass is 10.3. The van der Waals surface area contributed by atoms with Gasteiger partial charge in [0.25, 0.3) is 0 Å². The molecule has 0 aliphatic carbocycles. The van der Waals surface area contributed by atoms with Crippen LogP contribution in [0.2, 0.25) is 0 Å². The lowest BCUT2D eigenvalue weighted by molar-refractivity contribution is 0.768. The van der Waals surface area contributed by atoms with Gasteiger partial charge < -0.3 is 0 Å². The molecule has 0 aliphatic heterocycles. The van der Waals surface area contributed by atoms with Crippen LogP contribution in [0.15, 0.2) is 12.4 Å². The molecule has 9 heteroatoms. The van der Waals surface area contributed by atoms with Gasteiger partial charge in [0.1, 0.15) is 0 Å². The van der Waals surface area contributed by atoms with Crippen molar-refractivity contribution in [3.05, 3.63) is 23.1 Å². The number of fused-ring (bicyclic) bond motifs is 1. The van der Waals surface area contributed by atoms with Gasteiger partial charge in [-0.15, -0.1) is 21.5 Å². The Hall–Kier alpha value is -2.13. The van der Waals surface area contributed by atoms with E-state index in [0.717, 1.165) is 31.1 Å². The number of rotatable bonds is 2. The molecule has 0 radical (unpaired) electrons. The number of aromatic nitrogens is 7. The van der Waals surface area contributed by atoms with E-state index in [9.17, 15) is 0 Å². The molecular formula is C12H11N7S2. The first kappa shape index (κ1) is 12.6. The number of nitrogens with zero attached hydrogens (tertiary/aromatic N) is 7. The van der Waals surface area contributed by atoms with E-state index in [-0.39, 0.29) is 0 Å². The topological polar surface area (TPSA) is 73.8 Å². The van der Waals surface area contributed by atoms with E-state index in [1.165, 1.54) is 11.3 Å². The average Bonchev–Trinajstić information content (AvgIpc) is 3.13. The molecule has 0 spiro atoms. The van der Waals surface area contributed by atoms with Crippen LogP contribution in [0.5, 0.6) is 0 Å². The Labute approximate surface area is 127 Å². The molecule has 0 saturated heterocycles. The van der Waals surface area contributed by atoms with Crippen molar-refractivity contribution in [2.75, 3.05) is 0 Å². The standard InChI is InChI=1S/C12H11N7S2/c1-6-9(20-7(2)14-6)11-17-19-10(15-16-12(19)21-11)8-4-13-18(3)5-8/h4-5H,1-3H3. The molecule has 4 aromatic heterocycles. The number of hydrogen-bond acceptors (Lipinski definition) is 7. The van der Waals surface area contributed by atoms with E-state index in [1.54, 1.807) is 26.7 Å². The van der Waals surface area contributed by atoms with Gasteiger partial charge in [-0.25, -0.2) is 4.98 Å². The fourth-order valence-electron chi connectivity index (χ4n) is 2.16. The lowest BCUT2D eigenvalue weighted by Gasteiger charge is -1.91. The van der Waals surface area contributed by atoms with E-state index < -0.39 is 0 Å². The summed E-state index contributed by atoms with van der Waals surface area (Å²) in [5.74, 6) is 0.708.